The Kier molecular flexibility index (Phi) is 5.67. The number of hydrogen-bond donors (Lipinski definition) is 2. The molecule has 0 amide bonds. The Labute approximate surface area is 147 Å². The molecule has 4 heteroatoms. The number of nitrogens with two attached hydrogens (primary N) is 1. The molecule has 1 aromatic carbocycles. The van der Waals surface area contributed by atoms with Crippen molar-refractivity contribution in [2.45, 2.75) is 57.7 Å². The van der Waals surface area contributed by atoms with Crippen molar-refractivity contribution in [2.24, 2.45) is 11.7 Å². The van der Waals surface area contributed by atoms with E-state index in [1.807, 2.05) is 0 Å². The summed E-state index contributed by atoms with van der Waals surface area (Å²) in [7, 11) is 2.23. The van der Waals surface area contributed by atoms with Crippen molar-refractivity contribution >= 4 is 11.4 Å². The van der Waals surface area contributed by atoms with E-state index in [4.69, 9.17) is 5.73 Å². The lowest BCUT2D eigenvalue weighted by Gasteiger charge is -2.43. The number of rotatable bonds is 4. The summed E-state index contributed by atoms with van der Waals surface area (Å²) in [5, 5.41) is 3.62. The highest BCUT2D eigenvalue weighted by Crippen LogP contribution is 2.25. The predicted molar refractivity (Wildman–Crippen MR) is 104 cm³/mol. The van der Waals surface area contributed by atoms with Crippen LogP contribution in [0.1, 0.15) is 39.5 Å². The van der Waals surface area contributed by atoms with Gasteiger partial charge in [0.15, 0.2) is 0 Å². The summed E-state index contributed by atoms with van der Waals surface area (Å²) >= 11 is 0. The van der Waals surface area contributed by atoms with Crippen LogP contribution in [0.3, 0.4) is 0 Å². The number of anilines is 2. The first-order valence-electron chi connectivity index (χ1n) is 9.59. The Balaban J connectivity index is 1.52. The minimum absolute atomic E-state index is 0.439. The van der Waals surface area contributed by atoms with E-state index in [0.29, 0.717) is 18.1 Å². The van der Waals surface area contributed by atoms with Crippen LogP contribution >= 0.6 is 0 Å². The fraction of sp³-hybridized carbons (Fsp3) is 0.700. The fourth-order valence-electron chi connectivity index (χ4n) is 4.06. The second-order valence-corrected chi connectivity index (χ2v) is 7.98. The van der Waals surface area contributed by atoms with Crippen molar-refractivity contribution < 1.29 is 0 Å². The highest BCUT2D eigenvalue weighted by atomic mass is 15.3. The van der Waals surface area contributed by atoms with E-state index < -0.39 is 0 Å². The van der Waals surface area contributed by atoms with Crippen molar-refractivity contribution in [3.05, 3.63) is 24.3 Å². The summed E-state index contributed by atoms with van der Waals surface area (Å²) in [6.45, 7) is 7.92. The smallest absolute Gasteiger partial charge is 0.0368 e. The molecule has 3 N–H and O–H groups in total. The quantitative estimate of drug-likeness (QED) is 0.890. The van der Waals surface area contributed by atoms with Gasteiger partial charge in [0.05, 0.1) is 0 Å². The number of benzene rings is 1. The Morgan fingerprint density at radius 3 is 2.17 bits per heavy atom. The molecule has 1 aliphatic carbocycles. The maximum atomic E-state index is 5.99. The van der Waals surface area contributed by atoms with Gasteiger partial charge >= 0.3 is 0 Å². The molecule has 1 saturated carbocycles. The van der Waals surface area contributed by atoms with Crippen molar-refractivity contribution in [3.8, 4) is 0 Å². The molecule has 0 unspecified atom stereocenters. The van der Waals surface area contributed by atoms with E-state index in [9.17, 15) is 0 Å². The Morgan fingerprint density at radius 1 is 1.00 bits per heavy atom. The van der Waals surface area contributed by atoms with Gasteiger partial charge in [-0.25, -0.2) is 0 Å². The maximum absolute atomic E-state index is 5.99. The molecule has 0 radical (unpaired) electrons. The first-order chi connectivity index (χ1) is 11.5. The van der Waals surface area contributed by atoms with Gasteiger partial charge in [-0.2, -0.15) is 0 Å². The molecule has 3 rings (SSSR count). The lowest BCUT2D eigenvalue weighted by Crippen LogP contribution is -2.55. The van der Waals surface area contributed by atoms with Crippen LogP contribution in [0.2, 0.25) is 0 Å². The molecule has 0 bridgehead atoms. The van der Waals surface area contributed by atoms with Gasteiger partial charge in [0, 0.05) is 49.1 Å². The van der Waals surface area contributed by atoms with Gasteiger partial charge in [0.25, 0.3) is 0 Å². The molecule has 2 fully saturated rings. The molecule has 1 heterocycles. The van der Waals surface area contributed by atoms with Crippen molar-refractivity contribution in [1.29, 1.82) is 0 Å². The van der Waals surface area contributed by atoms with Gasteiger partial charge in [-0.3, -0.25) is 4.90 Å². The number of nitrogens with one attached hydrogen (secondary N) is 1. The minimum Gasteiger partial charge on any atom is -0.385 e. The SMILES string of the molecule is C[C@@H]1CN(c2ccc(NCC3CCC(N)CC3)cc2)C[C@@H](C)N1C. The van der Waals surface area contributed by atoms with Crippen LogP contribution in [-0.2, 0) is 0 Å². The average Bonchev–Trinajstić information content (AvgIpc) is 2.59. The molecule has 1 aromatic rings. The molecule has 1 aliphatic heterocycles. The molecule has 1 saturated heterocycles. The minimum atomic E-state index is 0.439. The van der Waals surface area contributed by atoms with E-state index in [-0.39, 0.29) is 0 Å². The van der Waals surface area contributed by atoms with Crippen LogP contribution in [0.4, 0.5) is 11.4 Å². The molecule has 0 spiro atoms. The summed E-state index contributed by atoms with van der Waals surface area (Å²) in [6.07, 6.45) is 4.91. The van der Waals surface area contributed by atoms with Crippen LogP contribution in [0.25, 0.3) is 0 Å². The van der Waals surface area contributed by atoms with E-state index in [2.05, 4.69) is 60.3 Å². The number of piperazine rings is 1. The Bertz CT molecular complexity index is 495. The summed E-state index contributed by atoms with van der Waals surface area (Å²) < 4.78 is 0. The lowest BCUT2D eigenvalue weighted by atomic mass is 9.86. The van der Waals surface area contributed by atoms with E-state index in [1.165, 1.54) is 37.1 Å². The van der Waals surface area contributed by atoms with Gasteiger partial charge in [-0.05, 0) is 76.8 Å². The normalized spacial score (nSPS) is 31.9. The maximum Gasteiger partial charge on any atom is 0.0368 e. The van der Waals surface area contributed by atoms with Crippen LogP contribution in [0, 0.1) is 5.92 Å². The van der Waals surface area contributed by atoms with Crippen LogP contribution in [0.15, 0.2) is 24.3 Å². The zero-order valence-electron chi connectivity index (χ0n) is 15.5. The summed E-state index contributed by atoms with van der Waals surface area (Å²) in [4.78, 5) is 4.99. The van der Waals surface area contributed by atoms with Gasteiger partial charge in [-0.1, -0.05) is 0 Å². The molecule has 2 aliphatic rings. The molecular formula is C20H34N4. The third-order valence-corrected chi connectivity index (χ3v) is 6.08. The van der Waals surface area contributed by atoms with Crippen LogP contribution in [0.5, 0.6) is 0 Å². The molecule has 0 aromatic heterocycles. The molecule has 134 valence electrons. The number of nitrogens with zero attached hydrogens (tertiary/aromatic N) is 2. The largest absolute Gasteiger partial charge is 0.385 e. The van der Waals surface area contributed by atoms with Crippen molar-refractivity contribution in [2.75, 3.05) is 36.9 Å². The lowest BCUT2D eigenvalue weighted by molar-refractivity contribution is 0.170. The first-order valence-corrected chi connectivity index (χ1v) is 9.59. The van der Waals surface area contributed by atoms with Crippen molar-refractivity contribution in [3.63, 3.8) is 0 Å². The van der Waals surface area contributed by atoms with Crippen molar-refractivity contribution in [1.82, 2.24) is 4.90 Å². The molecule has 4 nitrogen and oxygen atoms in total. The summed E-state index contributed by atoms with van der Waals surface area (Å²) in [5.74, 6) is 0.781. The van der Waals surface area contributed by atoms with Gasteiger partial charge in [-0.15, -0.1) is 0 Å². The molecular weight excluding hydrogens is 296 g/mol. The highest BCUT2D eigenvalue weighted by molar-refractivity contribution is 5.55. The fourth-order valence-corrected chi connectivity index (χ4v) is 4.06. The summed E-state index contributed by atoms with van der Waals surface area (Å²) in [5.41, 5.74) is 8.57. The van der Waals surface area contributed by atoms with Gasteiger partial charge < -0.3 is 16.0 Å². The van der Waals surface area contributed by atoms with Gasteiger partial charge in [0.1, 0.15) is 0 Å². The van der Waals surface area contributed by atoms with E-state index in [0.717, 1.165) is 25.6 Å². The Morgan fingerprint density at radius 2 is 1.58 bits per heavy atom. The second-order valence-electron chi connectivity index (χ2n) is 7.98. The third kappa shape index (κ3) is 4.22. The Hall–Kier alpha value is -1.26. The third-order valence-electron chi connectivity index (χ3n) is 6.08. The van der Waals surface area contributed by atoms with E-state index in [1.54, 1.807) is 0 Å². The molecule has 24 heavy (non-hydrogen) atoms. The van der Waals surface area contributed by atoms with Crippen LogP contribution < -0.4 is 16.0 Å². The zero-order chi connectivity index (χ0) is 17.1. The first kappa shape index (κ1) is 17.6. The van der Waals surface area contributed by atoms with Gasteiger partial charge in [0.2, 0.25) is 0 Å². The predicted octanol–water partition coefficient (Wildman–Crippen LogP) is 3.14. The standard InChI is InChI=1S/C20H34N4/c1-15-13-24(14-16(2)23(15)3)20-10-8-19(9-11-20)22-12-17-4-6-18(21)7-5-17/h8-11,15-18,22H,4-7,12-14,21H2,1-3H3/t15-,16-,17?,18?/m1/s1. The van der Waals surface area contributed by atoms with E-state index >= 15 is 0 Å². The number of likely N-dealkylation sites (N-methyl/N-ethyl adjacent to an activating group) is 1. The average molecular weight is 331 g/mol. The number of hydrogen-bond acceptors (Lipinski definition) is 4. The highest BCUT2D eigenvalue weighted by Gasteiger charge is 2.26. The van der Waals surface area contributed by atoms with Crippen LogP contribution in [-0.4, -0.2) is 49.7 Å². The topological polar surface area (TPSA) is 44.5 Å². The second kappa shape index (κ2) is 7.75. The monoisotopic (exact) mass is 330 g/mol. The summed E-state index contributed by atoms with van der Waals surface area (Å²) in [6, 6.07) is 10.6. The zero-order valence-corrected chi connectivity index (χ0v) is 15.5. The molecule has 2 atom stereocenters.